The first-order chi connectivity index (χ1) is 10.1. The van der Waals surface area contributed by atoms with E-state index in [1.807, 2.05) is 17.8 Å². The monoisotopic (exact) mass is 289 g/mol. The summed E-state index contributed by atoms with van der Waals surface area (Å²) in [5.41, 5.74) is -0.0762. The molecule has 0 aliphatic heterocycles. The summed E-state index contributed by atoms with van der Waals surface area (Å²) < 4.78 is 15.6. The number of imidazole rings is 1. The average Bonchev–Trinajstić information content (AvgIpc) is 3.18. The summed E-state index contributed by atoms with van der Waals surface area (Å²) in [6.07, 6.45) is 5.54. The molecule has 2 N–H and O–H groups in total. The van der Waals surface area contributed by atoms with Gasteiger partial charge >= 0.3 is 0 Å². The van der Waals surface area contributed by atoms with Crippen molar-refractivity contribution < 1.29 is 14.3 Å². The number of carbonyl (C=O) groups excluding carboxylic acids is 1. The summed E-state index contributed by atoms with van der Waals surface area (Å²) in [6.45, 7) is 0. The summed E-state index contributed by atoms with van der Waals surface area (Å²) >= 11 is 0. The number of aromatic hydroxyl groups is 1. The van der Waals surface area contributed by atoms with Crippen molar-refractivity contribution in [1.29, 1.82) is 0 Å². The van der Waals surface area contributed by atoms with Crippen LogP contribution in [0.1, 0.15) is 35.1 Å². The second kappa shape index (κ2) is 5.20. The SMILES string of the molecule is Cn1ccnc1[C@@H](NC(=O)c1ccc(O)cc1F)C1CC1. The van der Waals surface area contributed by atoms with Crippen LogP contribution in [-0.4, -0.2) is 20.6 Å². The highest BCUT2D eigenvalue weighted by Gasteiger charge is 2.36. The molecule has 0 unspecified atom stereocenters. The zero-order valence-corrected chi connectivity index (χ0v) is 11.6. The molecule has 110 valence electrons. The summed E-state index contributed by atoms with van der Waals surface area (Å²) in [7, 11) is 1.87. The van der Waals surface area contributed by atoms with Gasteiger partial charge in [-0.3, -0.25) is 4.79 Å². The highest BCUT2D eigenvalue weighted by molar-refractivity contribution is 5.94. The number of rotatable bonds is 4. The first-order valence-electron chi connectivity index (χ1n) is 6.83. The lowest BCUT2D eigenvalue weighted by molar-refractivity contribution is 0.0925. The molecule has 0 bridgehead atoms. The van der Waals surface area contributed by atoms with Crippen molar-refractivity contribution in [2.24, 2.45) is 13.0 Å². The van der Waals surface area contributed by atoms with Crippen molar-refractivity contribution in [3.63, 3.8) is 0 Å². The van der Waals surface area contributed by atoms with Crippen molar-refractivity contribution in [2.45, 2.75) is 18.9 Å². The van der Waals surface area contributed by atoms with E-state index in [1.165, 1.54) is 12.1 Å². The van der Waals surface area contributed by atoms with Crippen LogP contribution in [-0.2, 0) is 7.05 Å². The fourth-order valence-electron chi connectivity index (χ4n) is 2.41. The van der Waals surface area contributed by atoms with Gasteiger partial charge in [0, 0.05) is 25.5 Å². The maximum absolute atomic E-state index is 13.7. The highest BCUT2D eigenvalue weighted by Crippen LogP contribution is 2.40. The first-order valence-corrected chi connectivity index (χ1v) is 6.83. The van der Waals surface area contributed by atoms with E-state index in [9.17, 15) is 14.3 Å². The van der Waals surface area contributed by atoms with E-state index >= 15 is 0 Å². The van der Waals surface area contributed by atoms with Crippen molar-refractivity contribution in [3.8, 4) is 5.75 Å². The minimum Gasteiger partial charge on any atom is -0.508 e. The Kier molecular flexibility index (Phi) is 3.37. The number of aromatic nitrogens is 2. The Labute approximate surface area is 121 Å². The molecular formula is C15H16FN3O2. The Balaban J connectivity index is 1.83. The highest BCUT2D eigenvalue weighted by atomic mass is 19.1. The molecule has 1 saturated carbocycles. The molecule has 1 fully saturated rings. The molecule has 1 aromatic heterocycles. The number of phenols is 1. The maximum Gasteiger partial charge on any atom is 0.254 e. The smallest absolute Gasteiger partial charge is 0.254 e. The summed E-state index contributed by atoms with van der Waals surface area (Å²) in [5, 5.41) is 12.1. The number of phenolic OH excluding ortho intramolecular Hbond substituents is 1. The van der Waals surface area contributed by atoms with Crippen LogP contribution in [0.25, 0.3) is 0 Å². The average molecular weight is 289 g/mol. The van der Waals surface area contributed by atoms with E-state index < -0.39 is 11.7 Å². The van der Waals surface area contributed by atoms with Crippen LogP contribution >= 0.6 is 0 Å². The van der Waals surface area contributed by atoms with Gasteiger partial charge in [-0.25, -0.2) is 9.37 Å². The minimum absolute atomic E-state index is 0.0762. The van der Waals surface area contributed by atoms with Crippen LogP contribution in [0.2, 0.25) is 0 Å². The molecule has 6 heteroatoms. The number of aryl methyl sites for hydroxylation is 1. The van der Waals surface area contributed by atoms with Crippen LogP contribution in [0.15, 0.2) is 30.6 Å². The molecule has 0 radical (unpaired) electrons. The van der Waals surface area contributed by atoms with Gasteiger partial charge in [0.1, 0.15) is 17.4 Å². The van der Waals surface area contributed by atoms with Gasteiger partial charge in [0.15, 0.2) is 0 Å². The lowest BCUT2D eigenvalue weighted by Crippen LogP contribution is -2.32. The van der Waals surface area contributed by atoms with Gasteiger partial charge in [0.05, 0.1) is 11.6 Å². The molecule has 2 aromatic rings. The summed E-state index contributed by atoms with van der Waals surface area (Å²) in [4.78, 5) is 16.5. The number of nitrogens with zero attached hydrogens (tertiary/aromatic N) is 2. The molecule has 1 aromatic carbocycles. The number of benzene rings is 1. The second-order valence-electron chi connectivity index (χ2n) is 5.35. The molecule has 1 amide bonds. The predicted octanol–water partition coefficient (Wildman–Crippen LogP) is 2.15. The van der Waals surface area contributed by atoms with Gasteiger partial charge in [0.25, 0.3) is 5.91 Å². The number of nitrogens with one attached hydrogen (secondary N) is 1. The van der Waals surface area contributed by atoms with E-state index in [-0.39, 0.29) is 17.4 Å². The zero-order chi connectivity index (χ0) is 15.0. The largest absolute Gasteiger partial charge is 0.508 e. The molecule has 0 saturated heterocycles. The van der Waals surface area contributed by atoms with Gasteiger partial charge in [0.2, 0.25) is 0 Å². The fraction of sp³-hybridized carbons (Fsp3) is 0.333. The number of hydrogen-bond donors (Lipinski definition) is 2. The number of amides is 1. The van der Waals surface area contributed by atoms with Crippen LogP contribution < -0.4 is 5.32 Å². The first kappa shape index (κ1) is 13.6. The van der Waals surface area contributed by atoms with Gasteiger partial charge < -0.3 is 15.0 Å². The van der Waals surface area contributed by atoms with Gasteiger partial charge in [-0.2, -0.15) is 0 Å². The Morgan fingerprint density at radius 1 is 1.52 bits per heavy atom. The Hall–Kier alpha value is -2.37. The third kappa shape index (κ3) is 2.74. The van der Waals surface area contributed by atoms with Crippen LogP contribution in [0, 0.1) is 11.7 Å². The summed E-state index contributed by atoms with van der Waals surface area (Å²) in [5.74, 6) is -0.318. The van der Waals surface area contributed by atoms with Gasteiger partial charge in [-0.1, -0.05) is 0 Å². The third-order valence-electron chi connectivity index (χ3n) is 3.71. The van der Waals surface area contributed by atoms with Crippen LogP contribution in [0.3, 0.4) is 0 Å². The number of hydrogen-bond acceptors (Lipinski definition) is 3. The zero-order valence-electron chi connectivity index (χ0n) is 11.6. The molecule has 1 aliphatic rings. The summed E-state index contributed by atoms with van der Waals surface area (Å²) in [6, 6.07) is 3.29. The molecule has 1 heterocycles. The van der Waals surface area contributed by atoms with Gasteiger partial charge in [-0.05, 0) is 30.9 Å². The van der Waals surface area contributed by atoms with Crippen LogP contribution in [0.4, 0.5) is 4.39 Å². The quantitative estimate of drug-likeness (QED) is 0.906. The van der Waals surface area contributed by atoms with Crippen molar-refractivity contribution in [3.05, 3.63) is 47.8 Å². The van der Waals surface area contributed by atoms with E-state index in [2.05, 4.69) is 10.3 Å². The minimum atomic E-state index is -0.734. The second-order valence-corrected chi connectivity index (χ2v) is 5.35. The molecule has 1 aliphatic carbocycles. The van der Waals surface area contributed by atoms with Gasteiger partial charge in [-0.15, -0.1) is 0 Å². The normalized spacial score (nSPS) is 15.7. The number of halogens is 1. The van der Waals surface area contributed by atoms with E-state index in [1.54, 1.807) is 6.20 Å². The molecule has 5 nitrogen and oxygen atoms in total. The van der Waals surface area contributed by atoms with Crippen molar-refractivity contribution in [2.75, 3.05) is 0 Å². The fourth-order valence-corrected chi connectivity index (χ4v) is 2.41. The molecule has 0 spiro atoms. The molecular weight excluding hydrogens is 273 g/mol. The lowest BCUT2D eigenvalue weighted by atomic mass is 10.1. The van der Waals surface area contributed by atoms with Crippen LogP contribution in [0.5, 0.6) is 5.75 Å². The van der Waals surface area contributed by atoms with E-state index in [0.717, 1.165) is 24.7 Å². The molecule has 3 rings (SSSR count). The maximum atomic E-state index is 13.7. The Morgan fingerprint density at radius 2 is 2.29 bits per heavy atom. The van der Waals surface area contributed by atoms with E-state index in [0.29, 0.717) is 5.92 Å². The van der Waals surface area contributed by atoms with E-state index in [4.69, 9.17) is 0 Å². The Bertz CT molecular complexity index is 679. The number of carbonyl (C=O) groups is 1. The lowest BCUT2D eigenvalue weighted by Gasteiger charge is -2.18. The standard InChI is InChI=1S/C15H16FN3O2/c1-19-7-6-17-14(19)13(9-2-3-9)18-15(21)11-5-4-10(20)8-12(11)16/h4-9,13,20H,2-3H2,1H3,(H,18,21)/t13-/m0/s1. The molecule has 21 heavy (non-hydrogen) atoms. The topological polar surface area (TPSA) is 67.2 Å². The molecule has 1 atom stereocenters. The third-order valence-corrected chi connectivity index (χ3v) is 3.71. The van der Waals surface area contributed by atoms with Crippen molar-refractivity contribution >= 4 is 5.91 Å². The predicted molar refractivity (Wildman–Crippen MR) is 74.2 cm³/mol. The van der Waals surface area contributed by atoms with Crippen molar-refractivity contribution in [1.82, 2.24) is 14.9 Å². The Morgan fingerprint density at radius 3 is 2.86 bits per heavy atom.